The third-order valence-electron chi connectivity index (χ3n) is 3.94. The van der Waals surface area contributed by atoms with Gasteiger partial charge in [0.25, 0.3) is 5.91 Å². The predicted octanol–water partition coefficient (Wildman–Crippen LogP) is 2.98. The van der Waals surface area contributed by atoms with Crippen molar-refractivity contribution in [1.29, 1.82) is 0 Å². The average molecular weight is 424 g/mol. The molecule has 1 aliphatic heterocycles. The van der Waals surface area contributed by atoms with Crippen LogP contribution in [-0.4, -0.2) is 30.9 Å². The first-order valence-corrected chi connectivity index (χ1v) is 8.78. The van der Waals surface area contributed by atoms with Gasteiger partial charge in [0, 0.05) is 10.0 Å². The van der Waals surface area contributed by atoms with Gasteiger partial charge in [-0.2, -0.15) is 0 Å². The molecule has 0 spiro atoms. The maximum atomic E-state index is 12.6. The van der Waals surface area contributed by atoms with Crippen molar-refractivity contribution in [2.45, 2.75) is 12.5 Å². The minimum atomic E-state index is -1.08. The quantitative estimate of drug-likeness (QED) is 0.513. The minimum Gasteiger partial charge on any atom is -0.469 e. The molecule has 0 fully saturated rings. The second-order valence-electron chi connectivity index (χ2n) is 5.94. The number of methoxy groups -OCH3 is 1. The Morgan fingerprint density at radius 1 is 1.14 bits per heavy atom. The lowest BCUT2D eigenvalue weighted by Gasteiger charge is -2.13. The van der Waals surface area contributed by atoms with E-state index in [-0.39, 0.29) is 29.1 Å². The number of hydrogen-bond acceptors (Lipinski definition) is 6. The van der Waals surface area contributed by atoms with Crippen LogP contribution in [0.25, 0.3) is 0 Å². The first-order valence-electron chi connectivity index (χ1n) is 8.03. The normalized spacial score (nSPS) is 15.8. The van der Waals surface area contributed by atoms with Gasteiger partial charge in [-0.3, -0.25) is 14.4 Å². The summed E-state index contributed by atoms with van der Waals surface area (Å²) in [7, 11) is 1.19. The Hall–Kier alpha value is -2.97. The molecule has 4 N–H and O–H groups in total. The van der Waals surface area contributed by atoms with Crippen molar-refractivity contribution in [3.05, 3.63) is 45.9 Å². The summed E-state index contributed by atoms with van der Waals surface area (Å²) >= 11 is 11.9. The minimum absolute atomic E-state index is 0.123. The van der Waals surface area contributed by atoms with E-state index in [4.69, 9.17) is 33.7 Å². The van der Waals surface area contributed by atoms with Crippen molar-refractivity contribution in [1.82, 2.24) is 5.32 Å². The lowest BCUT2D eigenvalue weighted by molar-refractivity contribution is -0.142. The number of esters is 1. The molecule has 2 aromatic rings. The number of carbonyl (C=O) groups is 3. The van der Waals surface area contributed by atoms with Gasteiger partial charge in [-0.05, 0) is 30.3 Å². The topological polar surface area (TPSA) is 120 Å². The van der Waals surface area contributed by atoms with Crippen LogP contribution in [0.2, 0.25) is 10.0 Å². The highest BCUT2D eigenvalue weighted by molar-refractivity contribution is 6.34. The van der Waals surface area contributed by atoms with Crippen LogP contribution >= 0.6 is 23.2 Å². The van der Waals surface area contributed by atoms with Crippen molar-refractivity contribution in [2.24, 2.45) is 0 Å². The van der Waals surface area contributed by atoms with Crippen LogP contribution in [0.4, 0.5) is 11.4 Å². The summed E-state index contributed by atoms with van der Waals surface area (Å²) in [5.41, 5.74) is 6.50. The van der Waals surface area contributed by atoms with Crippen LogP contribution in [0.1, 0.15) is 16.8 Å². The van der Waals surface area contributed by atoms with E-state index < -0.39 is 23.8 Å². The van der Waals surface area contributed by atoms with Crippen molar-refractivity contribution in [3.8, 4) is 11.5 Å². The average Bonchev–Trinajstić information content (AvgIpc) is 2.71. The lowest BCUT2D eigenvalue weighted by Crippen LogP contribution is -2.42. The summed E-state index contributed by atoms with van der Waals surface area (Å²) < 4.78 is 10.2. The Labute approximate surface area is 169 Å². The lowest BCUT2D eigenvalue weighted by atomic mass is 10.1. The van der Waals surface area contributed by atoms with Crippen LogP contribution in [0.15, 0.2) is 30.3 Å². The summed E-state index contributed by atoms with van der Waals surface area (Å²) in [6, 6.07) is 6.31. The number of amides is 2. The Kier molecular flexibility index (Phi) is 5.62. The Bertz CT molecular complexity index is 960. The van der Waals surface area contributed by atoms with E-state index in [2.05, 4.69) is 15.4 Å². The number of benzene rings is 2. The monoisotopic (exact) mass is 423 g/mol. The highest BCUT2D eigenvalue weighted by atomic mass is 35.5. The summed E-state index contributed by atoms with van der Waals surface area (Å²) in [5.74, 6) is -1.27. The van der Waals surface area contributed by atoms with E-state index in [9.17, 15) is 14.4 Å². The predicted molar refractivity (Wildman–Crippen MR) is 104 cm³/mol. The zero-order chi connectivity index (χ0) is 20.4. The molecular weight excluding hydrogens is 409 g/mol. The molecular formula is C18H15Cl2N3O5. The molecule has 8 nitrogen and oxygen atoms in total. The second-order valence-corrected chi connectivity index (χ2v) is 6.81. The number of ether oxygens (including phenoxy) is 2. The molecule has 1 atom stereocenters. The SMILES string of the molecule is COC(=O)C[C@@H]1NC(=O)c2cc(Oc3cc(Cl)cc(Cl)c3)c(N)cc2NC1=O. The second kappa shape index (κ2) is 7.95. The van der Waals surface area contributed by atoms with Crippen molar-refractivity contribution in [3.63, 3.8) is 0 Å². The molecule has 0 unspecified atom stereocenters. The highest BCUT2D eigenvalue weighted by Gasteiger charge is 2.30. The van der Waals surface area contributed by atoms with Crippen LogP contribution in [0.5, 0.6) is 11.5 Å². The first-order chi connectivity index (χ1) is 13.3. The van der Waals surface area contributed by atoms with Crippen LogP contribution in [0.3, 0.4) is 0 Å². The molecule has 1 heterocycles. The molecule has 0 saturated heterocycles. The third-order valence-corrected chi connectivity index (χ3v) is 4.37. The zero-order valence-electron chi connectivity index (χ0n) is 14.5. The van der Waals surface area contributed by atoms with Crippen molar-refractivity contribution >= 4 is 52.4 Å². The largest absolute Gasteiger partial charge is 0.469 e. The number of nitrogens with one attached hydrogen (secondary N) is 2. The van der Waals surface area contributed by atoms with E-state index in [0.717, 1.165) is 0 Å². The van der Waals surface area contributed by atoms with Gasteiger partial charge in [0.15, 0.2) is 5.75 Å². The number of fused-ring (bicyclic) bond motifs is 1. The number of rotatable bonds is 4. The molecule has 146 valence electrons. The van der Waals surface area contributed by atoms with Crippen LogP contribution in [0, 0.1) is 0 Å². The van der Waals surface area contributed by atoms with Crippen LogP contribution in [-0.2, 0) is 14.3 Å². The molecule has 0 aliphatic carbocycles. The standard InChI is InChI=1S/C18H15Cl2N3O5/c1-27-16(24)7-14-18(26)22-13-6-12(21)15(5-11(13)17(25)23-14)28-10-3-8(19)2-9(20)4-10/h2-6,14H,7,21H2,1H3,(H,22,26)(H,23,25)/t14-/m0/s1. The van der Waals surface area contributed by atoms with Crippen LogP contribution < -0.4 is 21.1 Å². The van der Waals surface area contributed by atoms with E-state index >= 15 is 0 Å². The van der Waals surface area contributed by atoms with E-state index in [1.165, 1.54) is 31.4 Å². The van der Waals surface area contributed by atoms with E-state index in [1.807, 2.05) is 0 Å². The molecule has 0 saturated carbocycles. The van der Waals surface area contributed by atoms with Crippen molar-refractivity contribution < 1.29 is 23.9 Å². The molecule has 0 bridgehead atoms. The van der Waals surface area contributed by atoms with Gasteiger partial charge in [-0.1, -0.05) is 23.2 Å². The molecule has 0 aromatic heterocycles. The number of halogens is 2. The van der Waals surface area contributed by atoms with Gasteiger partial charge in [0.1, 0.15) is 11.8 Å². The molecule has 28 heavy (non-hydrogen) atoms. The van der Waals surface area contributed by atoms with Gasteiger partial charge in [-0.15, -0.1) is 0 Å². The Morgan fingerprint density at radius 3 is 2.46 bits per heavy atom. The fourth-order valence-electron chi connectivity index (χ4n) is 2.61. The number of carbonyl (C=O) groups excluding carboxylic acids is 3. The van der Waals surface area contributed by atoms with E-state index in [0.29, 0.717) is 15.8 Å². The van der Waals surface area contributed by atoms with Gasteiger partial charge >= 0.3 is 5.97 Å². The summed E-state index contributed by atoms with van der Waals surface area (Å²) in [6.45, 7) is 0. The summed E-state index contributed by atoms with van der Waals surface area (Å²) in [4.78, 5) is 36.3. The van der Waals surface area contributed by atoms with Crippen molar-refractivity contribution in [2.75, 3.05) is 18.2 Å². The maximum absolute atomic E-state index is 12.6. The van der Waals surface area contributed by atoms with E-state index in [1.54, 1.807) is 6.07 Å². The third kappa shape index (κ3) is 4.29. The molecule has 3 rings (SSSR count). The number of anilines is 2. The molecule has 2 amide bonds. The highest BCUT2D eigenvalue weighted by Crippen LogP contribution is 2.35. The number of hydrogen-bond donors (Lipinski definition) is 3. The fourth-order valence-corrected chi connectivity index (χ4v) is 3.11. The Balaban J connectivity index is 1.92. The summed E-state index contributed by atoms with van der Waals surface area (Å²) in [6.07, 6.45) is -0.304. The smallest absolute Gasteiger partial charge is 0.308 e. The van der Waals surface area contributed by atoms with Gasteiger partial charge in [-0.25, -0.2) is 0 Å². The van der Waals surface area contributed by atoms with Gasteiger partial charge in [0.2, 0.25) is 5.91 Å². The van der Waals surface area contributed by atoms with Gasteiger partial charge < -0.3 is 25.8 Å². The van der Waals surface area contributed by atoms with Gasteiger partial charge in [0.05, 0.1) is 30.5 Å². The fraction of sp³-hybridized carbons (Fsp3) is 0.167. The number of nitrogen functional groups attached to an aromatic ring is 1. The molecule has 0 radical (unpaired) electrons. The first kappa shape index (κ1) is 19.8. The summed E-state index contributed by atoms with van der Waals surface area (Å²) in [5, 5.41) is 5.80. The molecule has 1 aliphatic rings. The zero-order valence-corrected chi connectivity index (χ0v) is 16.1. The molecule has 2 aromatic carbocycles. The Morgan fingerprint density at radius 2 is 1.82 bits per heavy atom. The maximum Gasteiger partial charge on any atom is 0.308 e. The molecule has 10 heteroatoms. The number of nitrogens with two attached hydrogens (primary N) is 1.